The monoisotopic (exact) mass is 968 g/mol. The molecular formula is C68H64N4S. The fourth-order valence-electron chi connectivity index (χ4n) is 10.1. The topological polar surface area (TPSA) is 13.0 Å². The van der Waals surface area contributed by atoms with Crippen molar-refractivity contribution in [2.75, 3.05) is 25.4 Å². The fraction of sp³-hybridized carbons (Fsp3) is 0.147. The van der Waals surface area contributed by atoms with Gasteiger partial charge in [-0.3, -0.25) is 0 Å². The minimum absolute atomic E-state index is 1.06. The van der Waals surface area contributed by atoms with Gasteiger partial charge in [-0.05, 0) is 220 Å². The summed E-state index contributed by atoms with van der Waals surface area (Å²) in [6.45, 7) is 15.4. The van der Waals surface area contributed by atoms with Gasteiger partial charge in [-0.1, -0.05) is 115 Å². The summed E-state index contributed by atoms with van der Waals surface area (Å²) in [5.41, 5.74) is 20.7. The number of anilines is 12. The highest BCUT2D eigenvalue weighted by atomic mass is 32.2. The number of nitrogens with zero attached hydrogens (tertiary/aromatic N) is 4. The summed E-state index contributed by atoms with van der Waals surface area (Å²) in [6, 6.07) is 82.5. The van der Waals surface area contributed by atoms with Gasteiger partial charge >= 0.3 is 0 Å². The van der Waals surface area contributed by atoms with Crippen LogP contribution in [0.1, 0.15) is 53.1 Å². The zero-order valence-electron chi connectivity index (χ0n) is 43.2. The maximum atomic E-state index is 2.43. The number of rotatable bonds is 16. The second-order valence-electron chi connectivity index (χ2n) is 19.3. The molecule has 10 aromatic carbocycles. The smallest absolute Gasteiger partial charge is 0.0520 e. The van der Waals surface area contributed by atoms with Crippen LogP contribution in [0.15, 0.2) is 229 Å². The van der Waals surface area contributed by atoms with Crippen LogP contribution >= 0.6 is 11.8 Å². The summed E-state index contributed by atoms with van der Waals surface area (Å²) in [7, 11) is 0. The molecule has 0 unspecified atom stereocenters. The van der Waals surface area contributed by atoms with E-state index in [0.717, 1.165) is 68.3 Å². The molecule has 0 amide bonds. The first-order valence-electron chi connectivity index (χ1n) is 25.6. The van der Waals surface area contributed by atoms with Crippen molar-refractivity contribution in [1.82, 2.24) is 0 Å². The Balaban J connectivity index is 1.07. The fourth-order valence-corrected chi connectivity index (χ4v) is 11.1. The molecule has 0 aliphatic heterocycles. The first kappa shape index (κ1) is 48.6. The third-order valence-electron chi connectivity index (χ3n) is 13.7. The quantitative estimate of drug-likeness (QED) is 0.0705. The van der Waals surface area contributed by atoms with E-state index in [1.54, 1.807) is 0 Å². The van der Waals surface area contributed by atoms with E-state index in [1.807, 2.05) is 11.8 Å². The van der Waals surface area contributed by atoms with Crippen LogP contribution in [-0.2, 0) is 0 Å². The molecule has 73 heavy (non-hydrogen) atoms. The van der Waals surface area contributed by atoms with Crippen molar-refractivity contribution in [3.63, 3.8) is 0 Å². The first-order valence-corrected chi connectivity index (χ1v) is 26.6. The molecule has 0 saturated carbocycles. The van der Waals surface area contributed by atoms with E-state index in [4.69, 9.17) is 0 Å². The summed E-state index contributed by atoms with van der Waals surface area (Å²) in [5.74, 6) is 1.13. The van der Waals surface area contributed by atoms with Crippen LogP contribution in [0.3, 0.4) is 0 Å². The van der Waals surface area contributed by atoms with Gasteiger partial charge in [-0.15, -0.1) is 11.8 Å². The summed E-state index contributed by atoms with van der Waals surface area (Å²) in [4.78, 5) is 10.9. The number of aryl methyl sites for hydroxylation is 6. The number of fused-ring (bicyclic) bond motifs is 1. The normalized spacial score (nSPS) is 11.2. The van der Waals surface area contributed by atoms with E-state index < -0.39 is 0 Å². The second kappa shape index (κ2) is 21.8. The van der Waals surface area contributed by atoms with Crippen LogP contribution in [0.4, 0.5) is 68.2 Å². The van der Waals surface area contributed by atoms with Gasteiger partial charge in [0.15, 0.2) is 0 Å². The Labute approximate surface area is 437 Å². The van der Waals surface area contributed by atoms with Gasteiger partial charge in [0.05, 0.1) is 5.69 Å². The first-order chi connectivity index (χ1) is 35.6. The maximum absolute atomic E-state index is 2.43. The molecule has 0 bridgehead atoms. The van der Waals surface area contributed by atoms with E-state index >= 15 is 0 Å². The molecule has 0 saturated heterocycles. The summed E-state index contributed by atoms with van der Waals surface area (Å²) < 4.78 is 0. The van der Waals surface area contributed by atoms with Gasteiger partial charge in [-0.2, -0.15) is 0 Å². The number of unbranched alkanes of at least 4 members (excludes halogenated alkanes) is 1. The Kier molecular flexibility index (Phi) is 14.5. The molecule has 0 aromatic heterocycles. The highest BCUT2D eigenvalue weighted by Crippen LogP contribution is 2.45. The summed E-state index contributed by atoms with van der Waals surface area (Å²) >= 11 is 1.93. The molecule has 10 aromatic rings. The highest BCUT2D eigenvalue weighted by Gasteiger charge is 2.22. The third-order valence-corrected chi connectivity index (χ3v) is 14.8. The Morgan fingerprint density at radius 2 is 0.781 bits per heavy atom. The number of hydrogen-bond donors (Lipinski definition) is 0. The molecule has 0 spiro atoms. The predicted octanol–water partition coefficient (Wildman–Crippen LogP) is 20.5. The van der Waals surface area contributed by atoms with E-state index in [2.05, 4.69) is 293 Å². The van der Waals surface area contributed by atoms with Gasteiger partial charge in [0, 0.05) is 67.5 Å². The minimum atomic E-state index is 1.06. The minimum Gasteiger partial charge on any atom is -0.310 e. The number of hydrogen-bond acceptors (Lipinski definition) is 5. The lowest BCUT2D eigenvalue weighted by molar-refractivity contribution is 0.896. The molecule has 10 rings (SSSR count). The highest BCUT2D eigenvalue weighted by molar-refractivity contribution is 7.99. The zero-order chi connectivity index (χ0) is 50.4. The van der Waals surface area contributed by atoms with Crippen LogP contribution in [0, 0.1) is 41.5 Å². The summed E-state index contributed by atoms with van der Waals surface area (Å²) in [6.07, 6.45) is 2.42. The van der Waals surface area contributed by atoms with E-state index in [1.165, 1.54) is 67.6 Å². The lowest BCUT2D eigenvalue weighted by atomic mass is 10.0. The van der Waals surface area contributed by atoms with Gasteiger partial charge in [-0.25, -0.2) is 0 Å². The average Bonchev–Trinajstić information content (AvgIpc) is 3.40. The number of thioether (sulfide) groups is 1. The molecule has 5 heteroatoms. The molecule has 362 valence electrons. The van der Waals surface area contributed by atoms with E-state index in [0.29, 0.717) is 0 Å². The van der Waals surface area contributed by atoms with Crippen molar-refractivity contribution in [3.8, 4) is 0 Å². The molecule has 0 radical (unpaired) electrons. The lowest BCUT2D eigenvalue weighted by Gasteiger charge is -2.32. The van der Waals surface area contributed by atoms with Gasteiger partial charge < -0.3 is 19.6 Å². The average molecular weight is 969 g/mol. The number of para-hydroxylation sites is 1. The Bertz CT molecular complexity index is 3470. The van der Waals surface area contributed by atoms with Gasteiger partial charge in [0.2, 0.25) is 0 Å². The maximum Gasteiger partial charge on any atom is 0.0520 e. The van der Waals surface area contributed by atoms with Crippen molar-refractivity contribution in [2.24, 2.45) is 0 Å². The zero-order valence-corrected chi connectivity index (χ0v) is 44.0. The van der Waals surface area contributed by atoms with Crippen molar-refractivity contribution in [1.29, 1.82) is 0 Å². The van der Waals surface area contributed by atoms with Crippen LogP contribution in [0.25, 0.3) is 10.8 Å². The Morgan fingerprint density at radius 3 is 1.36 bits per heavy atom. The SMILES string of the molecule is CCCCSc1ccc(N(c2cccc(C)c2)c2cccc(N(c3ccc(N(c4ccc(N(c5ccc(C)cc5)c5ccccc5C)cc4)c4c(C)cc(C)cc4C)cc3)c3ccc4ccccc4c3)c2)cc1. The lowest BCUT2D eigenvalue weighted by Crippen LogP contribution is -2.15. The Morgan fingerprint density at radius 1 is 0.315 bits per heavy atom. The standard InChI is InChI=1S/C68H64N4S/c1-8-9-42-73-66-40-38-57(39-41-66)69(62-20-14-16-49(3)45-62)63-21-15-22-64(47-63)70(65-29-26-54-18-11-12-19-55(54)46-65)56-30-34-60(35-31-56)72(68-52(6)43-50(4)44-53(68)7)61-36-32-59(33-37-61)71(58-27-24-48(2)25-28-58)67-23-13-10-17-51(67)5/h10-41,43-47H,8-9,42H2,1-7H3. The molecule has 0 N–H and O–H groups in total. The van der Waals surface area contributed by atoms with E-state index in [9.17, 15) is 0 Å². The van der Waals surface area contributed by atoms with Crippen molar-refractivity contribution in [3.05, 3.63) is 258 Å². The van der Waals surface area contributed by atoms with Crippen LogP contribution < -0.4 is 19.6 Å². The van der Waals surface area contributed by atoms with Crippen molar-refractivity contribution >= 4 is 90.8 Å². The van der Waals surface area contributed by atoms with Crippen LogP contribution in [0.5, 0.6) is 0 Å². The Hall–Kier alpha value is -7.99. The molecule has 0 atom stereocenters. The second-order valence-corrected chi connectivity index (χ2v) is 20.5. The third kappa shape index (κ3) is 10.7. The van der Waals surface area contributed by atoms with Gasteiger partial charge in [0.25, 0.3) is 0 Å². The molecule has 0 aliphatic rings. The largest absolute Gasteiger partial charge is 0.310 e. The molecule has 0 fully saturated rings. The molecular weight excluding hydrogens is 905 g/mol. The van der Waals surface area contributed by atoms with Gasteiger partial charge in [0.1, 0.15) is 0 Å². The number of benzene rings is 10. The van der Waals surface area contributed by atoms with Crippen molar-refractivity contribution in [2.45, 2.75) is 66.2 Å². The summed E-state index contributed by atoms with van der Waals surface area (Å²) in [5, 5.41) is 2.41. The predicted molar refractivity (Wildman–Crippen MR) is 317 cm³/mol. The molecule has 0 heterocycles. The molecule has 4 nitrogen and oxygen atoms in total. The van der Waals surface area contributed by atoms with E-state index in [-0.39, 0.29) is 0 Å². The van der Waals surface area contributed by atoms with Crippen LogP contribution in [-0.4, -0.2) is 5.75 Å². The molecule has 0 aliphatic carbocycles. The van der Waals surface area contributed by atoms with Crippen molar-refractivity contribution < 1.29 is 0 Å². The van der Waals surface area contributed by atoms with Crippen LogP contribution in [0.2, 0.25) is 0 Å².